The molecule has 1 heterocycles. The van der Waals surface area contributed by atoms with Crippen LogP contribution < -0.4 is 5.32 Å². The molecule has 4 heteroatoms. The molecule has 2 rings (SSSR count). The zero-order chi connectivity index (χ0) is 13.8. The Bertz CT molecular complexity index is 572. The number of hydrogen-bond acceptors (Lipinski definition) is 2. The first kappa shape index (κ1) is 14.0. The predicted molar refractivity (Wildman–Crippen MR) is 76.7 cm³/mol. The molecule has 0 aliphatic carbocycles. The maximum Gasteiger partial charge on any atom is 0.142 e. The first-order chi connectivity index (χ1) is 9.11. The van der Waals surface area contributed by atoms with E-state index < -0.39 is 0 Å². The van der Waals surface area contributed by atoms with Gasteiger partial charge in [-0.15, -0.1) is 0 Å². The molecule has 1 atom stereocenters. The van der Waals surface area contributed by atoms with Crippen LogP contribution in [-0.2, 0) is 0 Å². The van der Waals surface area contributed by atoms with Gasteiger partial charge in [0.1, 0.15) is 5.82 Å². The van der Waals surface area contributed by atoms with Crippen LogP contribution in [0.4, 0.5) is 4.39 Å². The van der Waals surface area contributed by atoms with Gasteiger partial charge in [-0.3, -0.25) is 4.98 Å². The fourth-order valence-electron chi connectivity index (χ4n) is 2.04. The summed E-state index contributed by atoms with van der Waals surface area (Å²) in [4.78, 5) is 3.85. The summed E-state index contributed by atoms with van der Waals surface area (Å²) in [5.41, 5.74) is 2.63. The van der Waals surface area contributed by atoms with Gasteiger partial charge in [-0.05, 0) is 36.7 Å². The quantitative estimate of drug-likeness (QED) is 0.906. The molecule has 0 fully saturated rings. The lowest BCUT2D eigenvalue weighted by molar-refractivity contribution is 0.598. The summed E-state index contributed by atoms with van der Waals surface area (Å²) in [6.07, 6.45) is 2.81. The number of benzene rings is 1. The average Bonchev–Trinajstić information content (AvgIpc) is 2.38. The van der Waals surface area contributed by atoms with Crippen molar-refractivity contribution in [2.45, 2.75) is 19.9 Å². The van der Waals surface area contributed by atoms with Gasteiger partial charge < -0.3 is 5.32 Å². The Morgan fingerprint density at radius 3 is 2.68 bits per heavy atom. The minimum absolute atomic E-state index is 0.192. The average molecular weight is 279 g/mol. The van der Waals surface area contributed by atoms with Gasteiger partial charge in [0.15, 0.2) is 0 Å². The Kier molecular flexibility index (Phi) is 4.51. The van der Waals surface area contributed by atoms with Crippen LogP contribution in [0.1, 0.15) is 25.5 Å². The van der Waals surface area contributed by atoms with Crippen LogP contribution >= 0.6 is 11.6 Å². The van der Waals surface area contributed by atoms with Crippen molar-refractivity contribution >= 4 is 11.6 Å². The molecular formula is C15H16ClFN2. The molecule has 2 aromatic rings. The highest BCUT2D eigenvalue weighted by molar-refractivity contribution is 6.31. The summed E-state index contributed by atoms with van der Waals surface area (Å²) < 4.78 is 13.2. The molecule has 19 heavy (non-hydrogen) atoms. The number of nitrogens with one attached hydrogen (secondary N) is 1. The molecule has 1 N–H and O–H groups in total. The summed E-state index contributed by atoms with van der Waals surface area (Å²) >= 11 is 6.30. The Balaban J connectivity index is 2.33. The summed E-state index contributed by atoms with van der Waals surface area (Å²) in [5.74, 6) is -0.348. The molecule has 0 bridgehead atoms. The molecule has 0 aliphatic heterocycles. The van der Waals surface area contributed by atoms with E-state index in [1.165, 1.54) is 12.3 Å². The van der Waals surface area contributed by atoms with E-state index in [0.717, 1.165) is 23.2 Å². The summed E-state index contributed by atoms with van der Waals surface area (Å²) in [6.45, 7) is 5.00. The van der Waals surface area contributed by atoms with Crippen molar-refractivity contribution in [1.29, 1.82) is 0 Å². The molecule has 1 unspecified atom stereocenters. The van der Waals surface area contributed by atoms with Crippen molar-refractivity contribution in [3.8, 4) is 11.1 Å². The molecule has 0 saturated heterocycles. The van der Waals surface area contributed by atoms with Crippen LogP contribution in [0, 0.1) is 5.82 Å². The van der Waals surface area contributed by atoms with E-state index in [9.17, 15) is 4.39 Å². The zero-order valence-corrected chi connectivity index (χ0v) is 11.7. The number of pyridine rings is 1. The van der Waals surface area contributed by atoms with Gasteiger partial charge in [0.2, 0.25) is 0 Å². The number of aromatic nitrogens is 1. The van der Waals surface area contributed by atoms with E-state index >= 15 is 0 Å². The van der Waals surface area contributed by atoms with Crippen LogP contribution in [0.2, 0.25) is 5.02 Å². The molecule has 0 amide bonds. The lowest BCUT2D eigenvalue weighted by atomic mass is 10.0. The van der Waals surface area contributed by atoms with Crippen LogP contribution in [0.15, 0.2) is 36.7 Å². The van der Waals surface area contributed by atoms with Gasteiger partial charge >= 0.3 is 0 Å². The second-order valence-electron chi connectivity index (χ2n) is 4.41. The molecule has 100 valence electrons. The van der Waals surface area contributed by atoms with Gasteiger partial charge in [0, 0.05) is 22.8 Å². The fraction of sp³-hybridized carbons (Fsp3) is 0.267. The minimum Gasteiger partial charge on any atom is -0.310 e. The van der Waals surface area contributed by atoms with Crippen molar-refractivity contribution in [1.82, 2.24) is 10.3 Å². The highest BCUT2D eigenvalue weighted by Gasteiger charge is 2.10. The SMILES string of the molecule is CCNC(C)c1ccc(-c2cncc(F)c2)cc1Cl. The van der Waals surface area contributed by atoms with Crippen LogP contribution in [0.5, 0.6) is 0 Å². The maximum absolute atomic E-state index is 13.2. The second-order valence-corrected chi connectivity index (χ2v) is 4.81. The van der Waals surface area contributed by atoms with Gasteiger partial charge in [-0.1, -0.05) is 30.7 Å². The number of hydrogen-bond donors (Lipinski definition) is 1. The van der Waals surface area contributed by atoms with Crippen LogP contribution in [0.25, 0.3) is 11.1 Å². The highest BCUT2D eigenvalue weighted by atomic mass is 35.5. The molecule has 2 nitrogen and oxygen atoms in total. The monoisotopic (exact) mass is 278 g/mol. The molecule has 1 aromatic heterocycles. The summed E-state index contributed by atoms with van der Waals surface area (Å²) in [6, 6.07) is 7.39. The fourth-order valence-corrected chi connectivity index (χ4v) is 2.39. The summed E-state index contributed by atoms with van der Waals surface area (Å²) in [5, 5.41) is 3.99. The molecule has 0 saturated carbocycles. The van der Waals surface area contributed by atoms with Crippen LogP contribution in [-0.4, -0.2) is 11.5 Å². The van der Waals surface area contributed by atoms with Crippen LogP contribution in [0.3, 0.4) is 0 Å². The molecular weight excluding hydrogens is 263 g/mol. The van der Waals surface area contributed by atoms with E-state index in [1.54, 1.807) is 6.20 Å². The minimum atomic E-state index is -0.348. The Morgan fingerprint density at radius 1 is 1.26 bits per heavy atom. The van der Waals surface area contributed by atoms with Gasteiger partial charge in [0.05, 0.1) is 6.20 Å². The number of rotatable bonds is 4. The molecule has 0 radical (unpaired) electrons. The van der Waals surface area contributed by atoms with E-state index in [4.69, 9.17) is 11.6 Å². The molecule has 1 aromatic carbocycles. The smallest absolute Gasteiger partial charge is 0.142 e. The number of halogens is 2. The maximum atomic E-state index is 13.2. The Hall–Kier alpha value is -1.45. The second kappa shape index (κ2) is 6.13. The highest BCUT2D eigenvalue weighted by Crippen LogP contribution is 2.28. The Morgan fingerprint density at radius 2 is 2.05 bits per heavy atom. The lowest BCUT2D eigenvalue weighted by Gasteiger charge is -2.15. The molecule has 0 aliphatic rings. The summed E-state index contributed by atoms with van der Waals surface area (Å²) in [7, 11) is 0. The van der Waals surface area contributed by atoms with Crippen molar-refractivity contribution in [3.63, 3.8) is 0 Å². The van der Waals surface area contributed by atoms with Gasteiger partial charge in [-0.2, -0.15) is 0 Å². The normalized spacial score (nSPS) is 12.4. The topological polar surface area (TPSA) is 24.9 Å². The van der Waals surface area contributed by atoms with Gasteiger partial charge in [-0.25, -0.2) is 4.39 Å². The Labute approximate surface area is 117 Å². The first-order valence-electron chi connectivity index (χ1n) is 6.25. The van der Waals surface area contributed by atoms with E-state index in [0.29, 0.717) is 5.02 Å². The van der Waals surface area contributed by atoms with E-state index in [-0.39, 0.29) is 11.9 Å². The van der Waals surface area contributed by atoms with Crippen molar-refractivity contribution in [3.05, 3.63) is 53.1 Å². The third kappa shape index (κ3) is 3.31. The standard InChI is InChI=1S/C15H16ClFN2/c1-3-19-10(2)14-5-4-11(7-15(14)16)12-6-13(17)9-18-8-12/h4-10,19H,3H2,1-2H3. The lowest BCUT2D eigenvalue weighted by Crippen LogP contribution is -2.17. The third-order valence-corrected chi connectivity index (χ3v) is 3.34. The third-order valence-electron chi connectivity index (χ3n) is 3.02. The number of nitrogens with zero attached hydrogens (tertiary/aromatic N) is 1. The van der Waals surface area contributed by atoms with E-state index in [1.807, 2.05) is 18.2 Å². The van der Waals surface area contributed by atoms with Crippen molar-refractivity contribution in [2.24, 2.45) is 0 Å². The largest absolute Gasteiger partial charge is 0.310 e. The molecule has 0 spiro atoms. The van der Waals surface area contributed by atoms with E-state index in [2.05, 4.69) is 24.1 Å². The predicted octanol–water partition coefficient (Wildman–Crippen LogP) is 4.21. The van der Waals surface area contributed by atoms with Crippen molar-refractivity contribution in [2.75, 3.05) is 6.54 Å². The van der Waals surface area contributed by atoms with Crippen molar-refractivity contribution < 1.29 is 4.39 Å². The first-order valence-corrected chi connectivity index (χ1v) is 6.63. The zero-order valence-electron chi connectivity index (χ0n) is 11.0. The van der Waals surface area contributed by atoms with Gasteiger partial charge in [0.25, 0.3) is 0 Å².